The molecular weight excluding hydrogens is 321 g/mol. The predicted octanol–water partition coefficient (Wildman–Crippen LogP) is 3.15. The number of hydrogen-bond acceptors (Lipinski definition) is 3. The van der Waals surface area contributed by atoms with Gasteiger partial charge in [0, 0.05) is 12.1 Å². The molecule has 110 valence electrons. The summed E-state index contributed by atoms with van der Waals surface area (Å²) >= 11 is 11.7. The molecule has 1 atom stereocenters. The Labute approximate surface area is 128 Å². The van der Waals surface area contributed by atoms with Crippen molar-refractivity contribution in [2.24, 2.45) is 5.92 Å². The van der Waals surface area contributed by atoms with Gasteiger partial charge in [-0.3, -0.25) is 4.79 Å². The highest BCUT2D eigenvalue weighted by Crippen LogP contribution is 2.26. The Kier molecular flexibility index (Phi) is 4.94. The van der Waals surface area contributed by atoms with Gasteiger partial charge < -0.3 is 5.32 Å². The van der Waals surface area contributed by atoms with Crippen molar-refractivity contribution in [2.75, 3.05) is 16.8 Å². The average Bonchev–Trinajstić information content (AvgIpc) is 2.32. The lowest BCUT2D eigenvalue weighted by molar-refractivity contribution is -0.117. The van der Waals surface area contributed by atoms with Crippen LogP contribution in [0, 0.1) is 5.92 Å². The highest BCUT2D eigenvalue weighted by Gasteiger charge is 2.26. The van der Waals surface area contributed by atoms with E-state index >= 15 is 0 Å². The first-order valence-corrected chi connectivity index (χ1v) is 8.89. The fraction of sp³-hybridized carbons (Fsp3) is 0.462. The summed E-state index contributed by atoms with van der Waals surface area (Å²) in [6.07, 6.45) is 1.61. The first-order chi connectivity index (χ1) is 9.35. The van der Waals surface area contributed by atoms with E-state index in [9.17, 15) is 13.2 Å². The third-order valence-corrected chi connectivity index (χ3v) is 5.86. The van der Waals surface area contributed by atoms with E-state index in [1.807, 2.05) is 0 Å². The Hall–Kier alpha value is -0.780. The number of halogens is 2. The number of hydrogen-bond donors (Lipinski definition) is 1. The second kappa shape index (κ2) is 6.33. The molecule has 1 N–H and O–H groups in total. The van der Waals surface area contributed by atoms with Crippen LogP contribution < -0.4 is 5.32 Å². The molecule has 0 aliphatic carbocycles. The maximum Gasteiger partial charge on any atom is 0.224 e. The molecule has 4 nitrogen and oxygen atoms in total. The Morgan fingerprint density at radius 2 is 2.05 bits per heavy atom. The summed E-state index contributed by atoms with van der Waals surface area (Å²) in [6, 6.07) is 4.83. The number of nitrogens with one attached hydrogen (secondary N) is 1. The van der Waals surface area contributed by atoms with E-state index in [1.165, 1.54) is 0 Å². The van der Waals surface area contributed by atoms with Crippen LogP contribution in [-0.4, -0.2) is 25.8 Å². The molecule has 1 saturated heterocycles. The molecule has 1 aliphatic heterocycles. The molecule has 0 aromatic heterocycles. The van der Waals surface area contributed by atoms with Crippen molar-refractivity contribution in [3.63, 3.8) is 0 Å². The van der Waals surface area contributed by atoms with Crippen molar-refractivity contribution in [1.82, 2.24) is 0 Å². The van der Waals surface area contributed by atoms with Gasteiger partial charge >= 0.3 is 0 Å². The molecule has 2 rings (SSSR count). The highest BCUT2D eigenvalue weighted by molar-refractivity contribution is 7.91. The van der Waals surface area contributed by atoms with Gasteiger partial charge in [0.05, 0.1) is 21.6 Å². The van der Waals surface area contributed by atoms with Crippen molar-refractivity contribution in [3.05, 3.63) is 28.2 Å². The van der Waals surface area contributed by atoms with Crippen molar-refractivity contribution in [2.45, 2.75) is 19.3 Å². The first-order valence-electron chi connectivity index (χ1n) is 6.31. The SMILES string of the molecule is O=C(CC1CCCS(=O)(=O)C1)Nc1ccc(Cl)c(Cl)c1. The number of carbonyl (C=O) groups excluding carboxylic acids is 1. The van der Waals surface area contributed by atoms with Crippen molar-refractivity contribution in [3.8, 4) is 0 Å². The van der Waals surface area contributed by atoms with Crippen LogP contribution in [0.15, 0.2) is 18.2 Å². The molecular formula is C13H15Cl2NO3S. The topological polar surface area (TPSA) is 63.2 Å². The summed E-state index contributed by atoms with van der Waals surface area (Å²) in [4.78, 5) is 11.9. The number of carbonyl (C=O) groups is 1. The second-order valence-corrected chi connectivity index (χ2v) is 8.05. The van der Waals surface area contributed by atoms with Gasteiger partial charge in [-0.25, -0.2) is 8.42 Å². The fourth-order valence-corrected chi connectivity index (χ4v) is 4.40. The Balaban J connectivity index is 1.93. The van der Waals surface area contributed by atoms with Crippen LogP contribution in [0.3, 0.4) is 0 Å². The number of amides is 1. The zero-order valence-electron chi connectivity index (χ0n) is 10.7. The minimum Gasteiger partial charge on any atom is -0.326 e. The van der Waals surface area contributed by atoms with Crippen LogP contribution in [0.5, 0.6) is 0 Å². The minimum absolute atomic E-state index is 0.0990. The van der Waals surface area contributed by atoms with Crippen LogP contribution in [0.1, 0.15) is 19.3 Å². The summed E-state index contributed by atoms with van der Waals surface area (Å²) < 4.78 is 23.0. The molecule has 20 heavy (non-hydrogen) atoms. The summed E-state index contributed by atoms with van der Waals surface area (Å²) in [5.74, 6) is 0.0293. The zero-order valence-corrected chi connectivity index (χ0v) is 13.1. The average molecular weight is 336 g/mol. The van der Waals surface area contributed by atoms with Crippen LogP contribution in [0.2, 0.25) is 10.0 Å². The molecule has 1 aromatic rings. The van der Waals surface area contributed by atoms with E-state index in [1.54, 1.807) is 18.2 Å². The van der Waals surface area contributed by atoms with Crippen molar-refractivity contribution >= 4 is 44.6 Å². The number of sulfone groups is 1. The van der Waals surface area contributed by atoms with E-state index in [0.29, 0.717) is 22.2 Å². The standard InChI is InChI=1S/C13H15Cl2NO3S/c14-11-4-3-10(7-12(11)15)16-13(17)6-9-2-1-5-20(18,19)8-9/h3-4,7,9H,1-2,5-6,8H2,(H,16,17). The molecule has 0 saturated carbocycles. The van der Waals surface area contributed by atoms with E-state index in [-0.39, 0.29) is 29.8 Å². The van der Waals surface area contributed by atoms with Gasteiger partial charge in [-0.2, -0.15) is 0 Å². The quantitative estimate of drug-likeness (QED) is 0.922. The molecule has 7 heteroatoms. The molecule has 1 aromatic carbocycles. The van der Waals surface area contributed by atoms with Crippen LogP contribution in [0.4, 0.5) is 5.69 Å². The summed E-state index contributed by atoms with van der Waals surface area (Å²) in [6.45, 7) is 0. The predicted molar refractivity (Wildman–Crippen MR) is 81.1 cm³/mol. The molecule has 0 bridgehead atoms. The van der Waals surface area contributed by atoms with Crippen molar-refractivity contribution in [1.29, 1.82) is 0 Å². The lowest BCUT2D eigenvalue weighted by atomic mass is 10.0. The van der Waals surface area contributed by atoms with Gasteiger partial charge in [0.2, 0.25) is 5.91 Å². The third-order valence-electron chi connectivity index (χ3n) is 3.23. The van der Waals surface area contributed by atoms with E-state index in [4.69, 9.17) is 23.2 Å². The monoisotopic (exact) mass is 335 g/mol. The molecule has 0 spiro atoms. The molecule has 1 amide bonds. The molecule has 0 radical (unpaired) electrons. The van der Waals surface area contributed by atoms with Gasteiger partial charge in [-0.15, -0.1) is 0 Å². The maximum atomic E-state index is 11.9. The van der Waals surface area contributed by atoms with Crippen molar-refractivity contribution < 1.29 is 13.2 Å². The van der Waals surface area contributed by atoms with E-state index in [0.717, 1.165) is 6.42 Å². The Bertz CT molecular complexity index is 616. The summed E-state index contributed by atoms with van der Waals surface area (Å²) in [5.41, 5.74) is 0.558. The lowest BCUT2D eigenvalue weighted by Gasteiger charge is -2.21. The number of anilines is 1. The van der Waals surface area contributed by atoms with Gasteiger partial charge in [0.1, 0.15) is 0 Å². The smallest absolute Gasteiger partial charge is 0.224 e. The van der Waals surface area contributed by atoms with E-state index in [2.05, 4.69) is 5.32 Å². The highest BCUT2D eigenvalue weighted by atomic mass is 35.5. The Morgan fingerprint density at radius 3 is 2.70 bits per heavy atom. The minimum atomic E-state index is -2.98. The van der Waals surface area contributed by atoms with Crippen LogP contribution in [0.25, 0.3) is 0 Å². The van der Waals surface area contributed by atoms with Gasteiger partial charge in [0.25, 0.3) is 0 Å². The number of rotatable bonds is 3. The second-order valence-electron chi connectivity index (χ2n) is 5.00. The summed E-state index contributed by atoms with van der Waals surface area (Å²) in [7, 11) is -2.98. The van der Waals surface area contributed by atoms with Gasteiger partial charge in [-0.05, 0) is 37.0 Å². The number of benzene rings is 1. The van der Waals surface area contributed by atoms with Gasteiger partial charge in [0.15, 0.2) is 9.84 Å². The van der Waals surface area contributed by atoms with Crippen LogP contribution >= 0.6 is 23.2 Å². The summed E-state index contributed by atoms with van der Waals surface area (Å²) in [5, 5.41) is 3.49. The zero-order chi connectivity index (χ0) is 14.8. The molecule has 1 fully saturated rings. The Morgan fingerprint density at radius 1 is 1.30 bits per heavy atom. The third kappa shape index (κ3) is 4.36. The lowest BCUT2D eigenvalue weighted by Crippen LogP contribution is -2.28. The van der Waals surface area contributed by atoms with E-state index < -0.39 is 9.84 Å². The fourth-order valence-electron chi connectivity index (χ4n) is 2.33. The maximum absolute atomic E-state index is 11.9. The normalized spacial score (nSPS) is 21.4. The first kappa shape index (κ1) is 15.6. The van der Waals surface area contributed by atoms with Crippen LogP contribution in [-0.2, 0) is 14.6 Å². The largest absolute Gasteiger partial charge is 0.326 e. The molecule has 1 aliphatic rings. The molecule has 1 heterocycles. The molecule has 1 unspecified atom stereocenters. The van der Waals surface area contributed by atoms with Gasteiger partial charge in [-0.1, -0.05) is 23.2 Å².